The number of benzene rings is 2. The summed E-state index contributed by atoms with van der Waals surface area (Å²) in [6.07, 6.45) is 0. The number of urea groups is 1. The average Bonchev–Trinajstić information content (AvgIpc) is 2.90. The van der Waals surface area contributed by atoms with Crippen LogP contribution < -0.4 is 15.4 Å². The van der Waals surface area contributed by atoms with Crippen molar-refractivity contribution in [3.8, 4) is 5.75 Å². The van der Waals surface area contributed by atoms with E-state index in [-0.39, 0.29) is 13.2 Å². The Hall–Kier alpha value is -3.42. The van der Waals surface area contributed by atoms with E-state index in [4.69, 9.17) is 4.74 Å². The Morgan fingerprint density at radius 2 is 1.93 bits per heavy atom. The lowest BCUT2D eigenvalue weighted by molar-refractivity contribution is -0.134. The lowest BCUT2D eigenvalue weighted by Crippen LogP contribution is -2.43. The molecule has 1 atom stereocenters. The van der Waals surface area contributed by atoms with Gasteiger partial charge in [-0.2, -0.15) is 0 Å². The maximum atomic E-state index is 13.2. The minimum absolute atomic E-state index is 0.228. The Labute approximate surface area is 167 Å². The van der Waals surface area contributed by atoms with Gasteiger partial charge < -0.3 is 15.4 Å². The van der Waals surface area contributed by atoms with Gasteiger partial charge in [-0.25, -0.2) is 9.18 Å². The zero-order valence-corrected chi connectivity index (χ0v) is 16.2. The first-order valence-electron chi connectivity index (χ1n) is 9.16. The van der Waals surface area contributed by atoms with E-state index in [0.29, 0.717) is 11.3 Å². The van der Waals surface area contributed by atoms with Gasteiger partial charge in [0.15, 0.2) is 0 Å². The van der Waals surface area contributed by atoms with Crippen LogP contribution >= 0.6 is 0 Å². The second-order valence-electron chi connectivity index (χ2n) is 6.97. The van der Waals surface area contributed by atoms with Gasteiger partial charge in [-0.1, -0.05) is 24.3 Å². The van der Waals surface area contributed by atoms with Crippen LogP contribution in [-0.2, 0) is 15.1 Å². The SMILES string of the molecule is Cc1cccc(OCCNC(=O)CN2C(=O)NC(C)(c3ccc(F)cc3)C2=O)c1. The van der Waals surface area contributed by atoms with Crippen LogP contribution in [0.2, 0.25) is 0 Å². The largest absolute Gasteiger partial charge is 0.492 e. The molecule has 0 aliphatic carbocycles. The first kappa shape index (κ1) is 20.3. The fraction of sp³-hybridized carbons (Fsp3) is 0.286. The van der Waals surface area contributed by atoms with Gasteiger partial charge >= 0.3 is 6.03 Å². The molecule has 0 saturated carbocycles. The van der Waals surface area contributed by atoms with Gasteiger partial charge in [-0.15, -0.1) is 0 Å². The van der Waals surface area contributed by atoms with Crippen LogP contribution in [0.25, 0.3) is 0 Å². The summed E-state index contributed by atoms with van der Waals surface area (Å²) < 4.78 is 18.7. The number of nitrogens with one attached hydrogen (secondary N) is 2. The van der Waals surface area contributed by atoms with Gasteiger partial charge in [-0.05, 0) is 49.2 Å². The number of hydrogen-bond acceptors (Lipinski definition) is 4. The van der Waals surface area contributed by atoms with Crippen LogP contribution in [0.15, 0.2) is 48.5 Å². The lowest BCUT2D eigenvalue weighted by atomic mass is 9.92. The highest BCUT2D eigenvalue weighted by molar-refractivity contribution is 6.09. The second-order valence-corrected chi connectivity index (χ2v) is 6.97. The maximum absolute atomic E-state index is 13.2. The lowest BCUT2D eigenvalue weighted by Gasteiger charge is -2.22. The van der Waals surface area contributed by atoms with Crippen molar-refractivity contribution in [1.29, 1.82) is 0 Å². The summed E-state index contributed by atoms with van der Waals surface area (Å²) in [5.74, 6) is -0.799. The molecule has 1 aliphatic heterocycles. The topological polar surface area (TPSA) is 87.7 Å². The summed E-state index contributed by atoms with van der Waals surface area (Å²) in [5, 5.41) is 5.20. The minimum atomic E-state index is -1.35. The van der Waals surface area contributed by atoms with Crippen molar-refractivity contribution in [3.63, 3.8) is 0 Å². The van der Waals surface area contributed by atoms with Crippen molar-refractivity contribution >= 4 is 17.8 Å². The highest BCUT2D eigenvalue weighted by Gasteiger charge is 2.49. The first-order valence-corrected chi connectivity index (χ1v) is 9.16. The molecule has 1 saturated heterocycles. The normalized spacial score (nSPS) is 18.5. The molecule has 7 nitrogen and oxygen atoms in total. The molecule has 8 heteroatoms. The zero-order valence-electron chi connectivity index (χ0n) is 16.2. The molecule has 1 heterocycles. The van der Waals surface area contributed by atoms with E-state index in [1.54, 1.807) is 0 Å². The van der Waals surface area contributed by atoms with Crippen LogP contribution in [0.4, 0.5) is 9.18 Å². The van der Waals surface area contributed by atoms with Gasteiger partial charge in [0.05, 0.1) is 6.54 Å². The van der Waals surface area contributed by atoms with Gasteiger partial charge in [-0.3, -0.25) is 14.5 Å². The van der Waals surface area contributed by atoms with E-state index in [1.165, 1.54) is 31.2 Å². The molecule has 0 spiro atoms. The molecule has 1 aliphatic rings. The number of carbonyl (C=O) groups excluding carboxylic acids is 3. The fourth-order valence-electron chi connectivity index (χ4n) is 3.08. The van der Waals surface area contributed by atoms with E-state index in [9.17, 15) is 18.8 Å². The Balaban J connectivity index is 1.53. The third kappa shape index (κ3) is 4.53. The van der Waals surface area contributed by atoms with Crippen molar-refractivity contribution in [2.75, 3.05) is 19.7 Å². The van der Waals surface area contributed by atoms with Crippen molar-refractivity contribution in [1.82, 2.24) is 15.5 Å². The van der Waals surface area contributed by atoms with Crippen LogP contribution in [0.1, 0.15) is 18.1 Å². The molecule has 1 fully saturated rings. The van der Waals surface area contributed by atoms with E-state index >= 15 is 0 Å². The van der Waals surface area contributed by atoms with Crippen molar-refractivity contribution in [2.24, 2.45) is 0 Å². The van der Waals surface area contributed by atoms with E-state index in [2.05, 4.69) is 10.6 Å². The predicted molar refractivity (Wildman–Crippen MR) is 104 cm³/mol. The summed E-state index contributed by atoms with van der Waals surface area (Å²) in [6, 6.07) is 12.1. The molecule has 0 radical (unpaired) electrons. The molecule has 0 aromatic heterocycles. The summed E-state index contributed by atoms with van der Waals surface area (Å²) in [5.41, 5.74) is 0.153. The molecular formula is C21H22FN3O4. The van der Waals surface area contributed by atoms with E-state index in [1.807, 2.05) is 31.2 Å². The Morgan fingerprint density at radius 1 is 1.21 bits per heavy atom. The molecule has 2 N–H and O–H groups in total. The number of hydrogen-bond donors (Lipinski definition) is 2. The molecule has 1 unspecified atom stereocenters. The predicted octanol–water partition coefficient (Wildman–Crippen LogP) is 2.10. The summed E-state index contributed by atoms with van der Waals surface area (Å²) in [6.45, 7) is 3.54. The Morgan fingerprint density at radius 3 is 2.62 bits per heavy atom. The summed E-state index contributed by atoms with van der Waals surface area (Å²) in [4.78, 5) is 38.0. The number of carbonyl (C=O) groups is 3. The van der Waals surface area contributed by atoms with Gasteiger partial charge in [0.2, 0.25) is 5.91 Å². The maximum Gasteiger partial charge on any atom is 0.325 e. The number of aryl methyl sites for hydroxylation is 1. The number of halogens is 1. The van der Waals surface area contributed by atoms with Crippen LogP contribution in [0.3, 0.4) is 0 Å². The highest BCUT2D eigenvalue weighted by atomic mass is 19.1. The van der Waals surface area contributed by atoms with Gasteiger partial charge in [0.25, 0.3) is 5.91 Å². The third-order valence-electron chi connectivity index (χ3n) is 4.68. The van der Waals surface area contributed by atoms with Gasteiger partial charge in [0, 0.05) is 0 Å². The molecule has 152 valence electrons. The van der Waals surface area contributed by atoms with Crippen LogP contribution in [0, 0.1) is 12.7 Å². The molecular weight excluding hydrogens is 377 g/mol. The summed E-state index contributed by atoms with van der Waals surface area (Å²) in [7, 11) is 0. The molecule has 4 amide bonds. The van der Waals surface area contributed by atoms with Gasteiger partial charge in [0.1, 0.15) is 30.3 Å². The van der Waals surface area contributed by atoms with E-state index < -0.39 is 35.7 Å². The summed E-state index contributed by atoms with van der Waals surface area (Å²) >= 11 is 0. The molecule has 2 aromatic rings. The Bertz CT molecular complexity index is 932. The highest BCUT2D eigenvalue weighted by Crippen LogP contribution is 2.28. The third-order valence-corrected chi connectivity index (χ3v) is 4.68. The molecule has 29 heavy (non-hydrogen) atoms. The fourth-order valence-corrected chi connectivity index (χ4v) is 3.08. The number of rotatable bonds is 7. The number of ether oxygens (including phenoxy) is 1. The number of nitrogens with zero attached hydrogens (tertiary/aromatic N) is 1. The molecule has 3 rings (SSSR count). The average molecular weight is 399 g/mol. The smallest absolute Gasteiger partial charge is 0.325 e. The van der Waals surface area contributed by atoms with Crippen molar-refractivity contribution in [2.45, 2.75) is 19.4 Å². The number of amides is 4. The Kier molecular flexibility index (Phi) is 5.81. The molecule has 2 aromatic carbocycles. The second kappa shape index (κ2) is 8.30. The van der Waals surface area contributed by atoms with Crippen molar-refractivity contribution in [3.05, 3.63) is 65.5 Å². The quantitative estimate of drug-likeness (QED) is 0.551. The number of imide groups is 1. The minimum Gasteiger partial charge on any atom is -0.492 e. The standard InChI is InChI=1S/C21H22FN3O4/c1-14-4-3-5-17(12-14)29-11-10-23-18(26)13-25-19(27)21(2,24-20(25)28)15-6-8-16(22)9-7-15/h3-9,12H,10-11,13H2,1-2H3,(H,23,26)(H,24,28). The van der Waals surface area contributed by atoms with Crippen LogP contribution in [-0.4, -0.2) is 42.4 Å². The van der Waals surface area contributed by atoms with Crippen molar-refractivity contribution < 1.29 is 23.5 Å². The first-order chi connectivity index (χ1) is 13.8. The molecule has 0 bridgehead atoms. The monoisotopic (exact) mass is 399 g/mol. The zero-order chi connectivity index (χ0) is 21.0. The van der Waals surface area contributed by atoms with E-state index in [0.717, 1.165) is 10.5 Å². The van der Waals surface area contributed by atoms with Crippen LogP contribution in [0.5, 0.6) is 5.75 Å².